The van der Waals surface area contributed by atoms with E-state index < -0.39 is 27.4 Å². The predicted molar refractivity (Wildman–Crippen MR) is 108 cm³/mol. The summed E-state index contributed by atoms with van der Waals surface area (Å²) in [6.07, 6.45) is 0. The molecule has 146 valence electrons. The first-order valence-electron chi connectivity index (χ1n) is 8.40. The fourth-order valence-electron chi connectivity index (χ4n) is 3.10. The Balaban J connectivity index is 2.03. The quantitative estimate of drug-likeness (QED) is 0.383. The molecule has 3 aromatic carbocycles. The van der Waals surface area contributed by atoms with Crippen LogP contribution in [0.1, 0.15) is 16.1 Å². The van der Waals surface area contributed by atoms with E-state index >= 15 is 0 Å². The van der Waals surface area contributed by atoms with Gasteiger partial charge in [0.15, 0.2) is 0 Å². The van der Waals surface area contributed by atoms with Gasteiger partial charge in [0.25, 0.3) is 10.0 Å². The first-order valence-corrected chi connectivity index (χ1v) is 10.6. The summed E-state index contributed by atoms with van der Waals surface area (Å²) in [6.45, 7) is 0. The number of rotatable bonds is 4. The number of aromatic nitrogens is 1. The molecule has 8 heteroatoms. The van der Waals surface area contributed by atoms with Crippen LogP contribution in [0, 0.1) is 11.6 Å². The molecule has 0 aliphatic heterocycles. The highest BCUT2D eigenvalue weighted by Gasteiger charge is 2.27. The molecule has 4 aromatic rings. The number of benzene rings is 3. The minimum absolute atomic E-state index is 0.0167. The number of hydrogen-bond donors (Lipinski definition) is 0. The molecular weight excluding hydrogens is 464 g/mol. The van der Waals surface area contributed by atoms with Crippen LogP contribution < -0.4 is 0 Å². The van der Waals surface area contributed by atoms with Gasteiger partial charge in [-0.3, -0.25) is 4.79 Å². The van der Waals surface area contributed by atoms with Gasteiger partial charge in [-0.25, -0.2) is 21.2 Å². The van der Waals surface area contributed by atoms with Crippen LogP contribution in [-0.2, 0) is 10.0 Å². The molecule has 0 N–H and O–H groups in total. The van der Waals surface area contributed by atoms with Crippen molar-refractivity contribution >= 4 is 42.6 Å². The molecule has 29 heavy (non-hydrogen) atoms. The van der Waals surface area contributed by atoms with Crippen molar-refractivity contribution in [2.45, 2.75) is 4.90 Å². The summed E-state index contributed by atoms with van der Waals surface area (Å²) in [4.78, 5) is 13.1. The van der Waals surface area contributed by atoms with Crippen molar-refractivity contribution in [1.29, 1.82) is 0 Å². The Kier molecular flexibility index (Phi) is 4.84. The predicted octanol–water partition coefficient (Wildman–Crippen LogP) is 5.15. The van der Waals surface area contributed by atoms with Gasteiger partial charge in [-0.1, -0.05) is 40.2 Å². The molecule has 0 aliphatic rings. The zero-order chi connectivity index (χ0) is 20.8. The Morgan fingerprint density at radius 2 is 1.52 bits per heavy atom. The molecule has 0 aliphatic carbocycles. The smallest absolute Gasteiger partial charge is 0.268 e. The maximum Gasteiger partial charge on any atom is 0.268 e. The Morgan fingerprint density at radius 1 is 0.862 bits per heavy atom. The van der Waals surface area contributed by atoms with E-state index in [1.54, 1.807) is 36.4 Å². The molecule has 0 unspecified atom stereocenters. The second-order valence-corrected chi connectivity index (χ2v) is 9.00. The van der Waals surface area contributed by atoms with Crippen molar-refractivity contribution in [1.82, 2.24) is 3.97 Å². The van der Waals surface area contributed by atoms with E-state index in [1.165, 1.54) is 18.2 Å². The Labute approximate surface area is 173 Å². The summed E-state index contributed by atoms with van der Waals surface area (Å²) < 4.78 is 55.5. The second-order valence-electron chi connectivity index (χ2n) is 6.30. The van der Waals surface area contributed by atoms with E-state index in [1.807, 2.05) is 0 Å². The van der Waals surface area contributed by atoms with E-state index in [9.17, 15) is 22.0 Å². The van der Waals surface area contributed by atoms with Crippen LogP contribution >= 0.6 is 15.9 Å². The average Bonchev–Trinajstić information content (AvgIpc) is 3.06. The Bertz CT molecular complexity index is 1350. The lowest BCUT2D eigenvalue weighted by Gasteiger charge is -2.12. The van der Waals surface area contributed by atoms with Gasteiger partial charge in [-0.2, -0.15) is 0 Å². The van der Waals surface area contributed by atoms with Gasteiger partial charge in [-0.05, 0) is 42.5 Å². The van der Waals surface area contributed by atoms with Gasteiger partial charge in [0.2, 0.25) is 5.78 Å². The molecular formula is C21H12BrF2NO3S. The molecule has 0 radical (unpaired) electrons. The molecule has 0 bridgehead atoms. The summed E-state index contributed by atoms with van der Waals surface area (Å²) in [5.41, 5.74) is -0.232. The molecule has 1 heterocycles. The van der Waals surface area contributed by atoms with Gasteiger partial charge in [0.05, 0.1) is 10.4 Å². The van der Waals surface area contributed by atoms with E-state index in [-0.39, 0.29) is 21.7 Å². The SMILES string of the molecule is O=C(c1cc(F)cc(F)c1)c1cc2ccc(Br)cc2n1S(=O)(=O)c1ccccc1. The fourth-order valence-corrected chi connectivity index (χ4v) is 4.97. The largest absolute Gasteiger partial charge is 0.287 e. The minimum atomic E-state index is -4.16. The van der Waals surface area contributed by atoms with E-state index in [4.69, 9.17) is 0 Å². The van der Waals surface area contributed by atoms with Crippen molar-refractivity contribution in [3.63, 3.8) is 0 Å². The third-order valence-electron chi connectivity index (χ3n) is 4.36. The van der Waals surface area contributed by atoms with Crippen molar-refractivity contribution in [3.8, 4) is 0 Å². The van der Waals surface area contributed by atoms with Gasteiger partial charge in [0, 0.05) is 21.5 Å². The second kappa shape index (κ2) is 7.20. The van der Waals surface area contributed by atoms with Crippen LogP contribution in [0.3, 0.4) is 0 Å². The monoisotopic (exact) mass is 475 g/mol. The van der Waals surface area contributed by atoms with Crippen LogP contribution in [0.4, 0.5) is 8.78 Å². The van der Waals surface area contributed by atoms with E-state index in [0.717, 1.165) is 16.1 Å². The maximum absolute atomic E-state index is 13.6. The van der Waals surface area contributed by atoms with E-state index in [2.05, 4.69) is 15.9 Å². The fraction of sp³-hybridized carbons (Fsp3) is 0. The molecule has 1 aromatic heterocycles. The van der Waals surface area contributed by atoms with Crippen molar-refractivity contribution in [2.24, 2.45) is 0 Å². The van der Waals surface area contributed by atoms with Gasteiger partial charge in [0.1, 0.15) is 17.3 Å². The normalized spacial score (nSPS) is 11.7. The van der Waals surface area contributed by atoms with E-state index in [0.29, 0.717) is 15.9 Å². The number of carbonyl (C=O) groups excluding carboxylic acids is 1. The minimum Gasteiger partial charge on any atom is -0.287 e. The summed E-state index contributed by atoms with van der Waals surface area (Å²) in [5, 5.41) is 0.493. The van der Waals surface area contributed by atoms with Gasteiger partial charge < -0.3 is 0 Å². The molecule has 0 spiro atoms. The topological polar surface area (TPSA) is 56.1 Å². The average molecular weight is 476 g/mol. The first kappa shape index (κ1) is 19.5. The lowest BCUT2D eigenvalue weighted by atomic mass is 10.1. The summed E-state index contributed by atoms with van der Waals surface area (Å²) in [5.74, 6) is -2.66. The summed E-state index contributed by atoms with van der Waals surface area (Å²) in [6, 6.07) is 16.3. The standard InChI is InChI=1S/C21H12BrF2NO3S/c22-15-7-6-13-10-20(21(26)14-8-16(23)12-17(24)9-14)25(19(13)11-15)29(27,28)18-4-2-1-3-5-18/h1-12H. The highest BCUT2D eigenvalue weighted by molar-refractivity contribution is 9.10. The Morgan fingerprint density at radius 3 is 2.17 bits per heavy atom. The third-order valence-corrected chi connectivity index (χ3v) is 6.60. The van der Waals surface area contributed by atoms with Crippen LogP contribution in [-0.4, -0.2) is 18.2 Å². The van der Waals surface area contributed by atoms with Crippen molar-refractivity contribution in [2.75, 3.05) is 0 Å². The van der Waals surface area contributed by atoms with Crippen molar-refractivity contribution < 1.29 is 22.0 Å². The number of ketones is 1. The number of hydrogen-bond acceptors (Lipinski definition) is 3. The maximum atomic E-state index is 13.6. The third kappa shape index (κ3) is 3.49. The zero-order valence-corrected chi connectivity index (χ0v) is 17.0. The molecule has 0 saturated carbocycles. The molecule has 4 nitrogen and oxygen atoms in total. The lowest BCUT2D eigenvalue weighted by molar-refractivity contribution is 0.103. The Hall–Kier alpha value is -2.84. The molecule has 0 amide bonds. The molecule has 4 rings (SSSR count). The number of carbonyl (C=O) groups is 1. The van der Waals surface area contributed by atoms with Crippen molar-refractivity contribution in [3.05, 3.63) is 100 Å². The first-order chi connectivity index (χ1) is 13.8. The molecule has 0 saturated heterocycles. The van der Waals surface area contributed by atoms with Gasteiger partial charge >= 0.3 is 0 Å². The van der Waals surface area contributed by atoms with Crippen LogP contribution in [0.25, 0.3) is 10.9 Å². The highest BCUT2D eigenvalue weighted by Crippen LogP contribution is 2.29. The lowest BCUT2D eigenvalue weighted by Crippen LogP contribution is -2.19. The number of fused-ring (bicyclic) bond motifs is 1. The van der Waals surface area contributed by atoms with Crippen LogP contribution in [0.5, 0.6) is 0 Å². The zero-order valence-electron chi connectivity index (χ0n) is 14.6. The highest BCUT2D eigenvalue weighted by atomic mass is 79.9. The van der Waals surface area contributed by atoms with Crippen LogP contribution in [0.2, 0.25) is 0 Å². The summed E-state index contributed by atoms with van der Waals surface area (Å²) in [7, 11) is -4.16. The van der Waals surface area contributed by atoms with Crippen LogP contribution in [0.15, 0.2) is 82.2 Å². The number of halogens is 3. The molecule has 0 atom stereocenters. The van der Waals surface area contributed by atoms with Gasteiger partial charge in [-0.15, -0.1) is 0 Å². The number of nitrogens with zero attached hydrogens (tertiary/aromatic N) is 1. The summed E-state index contributed by atoms with van der Waals surface area (Å²) >= 11 is 3.31. The molecule has 0 fully saturated rings.